The molecule has 0 unspecified atom stereocenters. The van der Waals surface area contributed by atoms with Crippen LogP contribution in [0.25, 0.3) is 11.5 Å². The third kappa shape index (κ3) is 4.21. The van der Waals surface area contributed by atoms with E-state index in [1.807, 2.05) is 31.2 Å². The number of nitrogens with zero attached hydrogens (tertiary/aromatic N) is 2. The fraction of sp³-hybridized carbons (Fsp3) is 0.333. The van der Waals surface area contributed by atoms with E-state index in [2.05, 4.69) is 15.2 Å². The summed E-state index contributed by atoms with van der Waals surface area (Å²) in [6.07, 6.45) is -0.761. The molecule has 152 valence electrons. The standard InChI is InChI=1S/C21H23N3O5/c1-6-27-20(25)16-12(3)17(22-13(16)4)21(26)28-14(5)18-23-24-19(29-18)15-9-7-11(2)8-10-15/h7-10,14,22H,6H2,1-5H3/t14-/m1/s1. The highest BCUT2D eigenvalue weighted by Crippen LogP contribution is 2.25. The number of ether oxygens (including phenoxy) is 2. The summed E-state index contributed by atoms with van der Waals surface area (Å²) in [6, 6.07) is 7.65. The van der Waals surface area contributed by atoms with Gasteiger partial charge in [0.2, 0.25) is 5.89 Å². The summed E-state index contributed by atoms with van der Waals surface area (Å²) in [5.41, 5.74) is 3.45. The average molecular weight is 397 g/mol. The molecule has 0 spiro atoms. The van der Waals surface area contributed by atoms with Gasteiger partial charge in [-0.05, 0) is 52.3 Å². The number of rotatable bonds is 6. The van der Waals surface area contributed by atoms with Gasteiger partial charge in [0, 0.05) is 11.3 Å². The highest BCUT2D eigenvalue weighted by molar-refractivity contribution is 5.98. The SMILES string of the molecule is CCOC(=O)c1c(C)[nH]c(C(=O)O[C@H](C)c2nnc(-c3ccc(C)cc3)o2)c1C. The van der Waals surface area contributed by atoms with Crippen LogP contribution in [-0.4, -0.2) is 33.7 Å². The normalized spacial score (nSPS) is 11.9. The fourth-order valence-electron chi connectivity index (χ4n) is 2.95. The number of hydrogen-bond acceptors (Lipinski definition) is 7. The maximum atomic E-state index is 12.6. The quantitative estimate of drug-likeness (QED) is 0.624. The van der Waals surface area contributed by atoms with E-state index in [9.17, 15) is 9.59 Å². The Morgan fingerprint density at radius 1 is 1.10 bits per heavy atom. The van der Waals surface area contributed by atoms with Crippen molar-refractivity contribution in [3.63, 3.8) is 0 Å². The Hall–Kier alpha value is -3.42. The molecule has 0 bridgehead atoms. The number of aromatic nitrogens is 3. The van der Waals surface area contributed by atoms with Crippen molar-refractivity contribution in [2.45, 2.75) is 40.7 Å². The van der Waals surface area contributed by atoms with Crippen molar-refractivity contribution in [1.82, 2.24) is 15.2 Å². The molecule has 0 amide bonds. The largest absolute Gasteiger partial charge is 0.462 e. The Kier molecular flexibility index (Phi) is 5.81. The van der Waals surface area contributed by atoms with Crippen molar-refractivity contribution in [2.24, 2.45) is 0 Å². The molecule has 0 aliphatic carbocycles. The summed E-state index contributed by atoms with van der Waals surface area (Å²) < 4.78 is 16.2. The molecule has 1 atom stereocenters. The van der Waals surface area contributed by atoms with E-state index >= 15 is 0 Å². The van der Waals surface area contributed by atoms with Crippen molar-refractivity contribution >= 4 is 11.9 Å². The molecule has 1 aromatic carbocycles. The molecule has 8 nitrogen and oxygen atoms in total. The van der Waals surface area contributed by atoms with Crippen molar-refractivity contribution in [3.8, 4) is 11.5 Å². The third-order valence-corrected chi connectivity index (χ3v) is 4.49. The molecule has 0 aliphatic heterocycles. The highest BCUT2D eigenvalue weighted by atomic mass is 16.6. The zero-order valence-electron chi connectivity index (χ0n) is 17.0. The monoisotopic (exact) mass is 397 g/mol. The molecule has 0 saturated heterocycles. The van der Waals surface area contributed by atoms with Gasteiger partial charge in [0.25, 0.3) is 5.89 Å². The van der Waals surface area contributed by atoms with Gasteiger partial charge in [-0.1, -0.05) is 17.7 Å². The predicted octanol–water partition coefficient (Wildman–Crippen LogP) is 4.08. The minimum Gasteiger partial charge on any atom is -0.462 e. The van der Waals surface area contributed by atoms with Crippen molar-refractivity contribution in [1.29, 1.82) is 0 Å². The molecule has 8 heteroatoms. The molecule has 0 aliphatic rings. The van der Waals surface area contributed by atoms with Crippen LogP contribution < -0.4 is 0 Å². The van der Waals surface area contributed by atoms with Gasteiger partial charge in [-0.2, -0.15) is 0 Å². The van der Waals surface area contributed by atoms with Crippen LogP contribution in [0.15, 0.2) is 28.7 Å². The Labute approximate surface area is 168 Å². The van der Waals surface area contributed by atoms with E-state index in [-0.39, 0.29) is 18.2 Å². The lowest BCUT2D eigenvalue weighted by molar-refractivity contribution is 0.0272. The molecule has 2 heterocycles. The van der Waals surface area contributed by atoms with Crippen LogP contribution in [0.4, 0.5) is 0 Å². The number of carbonyl (C=O) groups is 2. The lowest BCUT2D eigenvalue weighted by atomic mass is 10.1. The Bertz CT molecular complexity index is 1030. The van der Waals surface area contributed by atoms with Crippen molar-refractivity contribution in [2.75, 3.05) is 6.61 Å². The zero-order chi connectivity index (χ0) is 21.1. The lowest BCUT2D eigenvalue weighted by Crippen LogP contribution is -2.12. The first-order valence-corrected chi connectivity index (χ1v) is 9.29. The lowest BCUT2D eigenvalue weighted by Gasteiger charge is -2.09. The minimum absolute atomic E-state index is 0.181. The Morgan fingerprint density at radius 3 is 2.45 bits per heavy atom. The van der Waals surface area contributed by atoms with E-state index < -0.39 is 18.0 Å². The number of nitrogens with one attached hydrogen (secondary N) is 1. The maximum Gasteiger partial charge on any atom is 0.355 e. The second-order valence-electron chi connectivity index (χ2n) is 6.70. The van der Waals surface area contributed by atoms with E-state index in [0.717, 1.165) is 11.1 Å². The highest BCUT2D eigenvalue weighted by Gasteiger charge is 2.26. The van der Waals surface area contributed by atoms with Crippen LogP contribution in [0.5, 0.6) is 0 Å². The number of benzene rings is 1. The Morgan fingerprint density at radius 2 is 1.79 bits per heavy atom. The zero-order valence-corrected chi connectivity index (χ0v) is 17.0. The minimum atomic E-state index is -0.761. The molecular formula is C21H23N3O5. The summed E-state index contributed by atoms with van der Waals surface area (Å²) in [4.78, 5) is 27.6. The van der Waals surface area contributed by atoms with E-state index in [0.29, 0.717) is 22.7 Å². The van der Waals surface area contributed by atoms with Crippen LogP contribution in [0.2, 0.25) is 0 Å². The topological polar surface area (TPSA) is 107 Å². The summed E-state index contributed by atoms with van der Waals surface area (Å²) in [6.45, 7) is 8.97. The first kappa shape index (κ1) is 20.3. The smallest absolute Gasteiger partial charge is 0.355 e. The van der Waals surface area contributed by atoms with E-state index in [4.69, 9.17) is 13.9 Å². The first-order chi connectivity index (χ1) is 13.8. The van der Waals surface area contributed by atoms with Gasteiger partial charge in [-0.15, -0.1) is 10.2 Å². The Balaban J connectivity index is 1.75. The van der Waals surface area contributed by atoms with Crippen LogP contribution in [0.1, 0.15) is 63.5 Å². The molecule has 2 aromatic heterocycles. The van der Waals surface area contributed by atoms with E-state index in [1.165, 1.54) is 0 Å². The first-order valence-electron chi connectivity index (χ1n) is 9.29. The molecule has 3 aromatic rings. The number of H-pyrrole nitrogens is 1. The molecule has 0 radical (unpaired) electrons. The average Bonchev–Trinajstić information content (AvgIpc) is 3.27. The van der Waals surface area contributed by atoms with Crippen LogP contribution in [-0.2, 0) is 9.47 Å². The van der Waals surface area contributed by atoms with Gasteiger partial charge >= 0.3 is 11.9 Å². The number of carbonyl (C=O) groups excluding carboxylic acids is 2. The molecule has 0 fully saturated rings. The second kappa shape index (κ2) is 8.30. The summed E-state index contributed by atoms with van der Waals surface area (Å²) in [5, 5.41) is 8.00. The summed E-state index contributed by atoms with van der Waals surface area (Å²) >= 11 is 0. The maximum absolute atomic E-state index is 12.6. The van der Waals surface area contributed by atoms with E-state index in [1.54, 1.807) is 27.7 Å². The van der Waals surface area contributed by atoms with Crippen LogP contribution in [0.3, 0.4) is 0 Å². The fourth-order valence-corrected chi connectivity index (χ4v) is 2.95. The third-order valence-electron chi connectivity index (χ3n) is 4.49. The van der Waals surface area contributed by atoms with Gasteiger partial charge in [-0.3, -0.25) is 0 Å². The van der Waals surface area contributed by atoms with Crippen LogP contribution >= 0.6 is 0 Å². The number of aromatic amines is 1. The van der Waals surface area contributed by atoms with Gasteiger partial charge < -0.3 is 18.9 Å². The number of hydrogen-bond donors (Lipinski definition) is 1. The number of aryl methyl sites for hydroxylation is 2. The summed E-state index contributed by atoms with van der Waals surface area (Å²) in [7, 11) is 0. The molecule has 3 rings (SSSR count). The van der Waals surface area contributed by atoms with Gasteiger partial charge in [0.1, 0.15) is 5.69 Å². The molecule has 1 N–H and O–H groups in total. The van der Waals surface area contributed by atoms with Gasteiger partial charge in [0.15, 0.2) is 6.10 Å². The van der Waals surface area contributed by atoms with Crippen LogP contribution in [0, 0.1) is 20.8 Å². The predicted molar refractivity (Wildman–Crippen MR) is 105 cm³/mol. The van der Waals surface area contributed by atoms with Gasteiger partial charge in [0.05, 0.1) is 12.2 Å². The van der Waals surface area contributed by atoms with Crippen molar-refractivity contribution in [3.05, 3.63) is 58.2 Å². The second-order valence-corrected chi connectivity index (χ2v) is 6.70. The summed E-state index contributed by atoms with van der Waals surface area (Å²) in [5.74, 6) is -0.575. The molecule has 0 saturated carbocycles. The molecular weight excluding hydrogens is 374 g/mol. The molecule has 29 heavy (non-hydrogen) atoms. The number of esters is 2. The van der Waals surface area contributed by atoms with Gasteiger partial charge in [-0.25, -0.2) is 9.59 Å². The van der Waals surface area contributed by atoms with Crippen molar-refractivity contribution < 1.29 is 23.5 Å².